The van der Waals surface area contributed by atoms with E-state index in [0.717, 1.165) is 19.6 Å². The number of rotatable bonds is 7. The van der Waals surface area contributed by atoms with E-state index in [-0.39, 0.29) is 11.5 Å². The Morgan fingerprint density at radius 1 is 1.48 bits per heavy atom. The molecule has 0 radical (unpaired) electrons. The van der Waals surface area contributed by atoms with Crippen molar-refractivity contribution in [3.63, 3.8) is 0 Å². The van der Waals surface area contributed by atoms with E-state index in [9.17, 15) is 10.1 Å². The highest BCUT2D eigenvalue weighted by molar-refractivity contribution is 5.57. The molecule has 1 aromatic heterocycles. The Hall–Kier alpha value is -1.89. The molecule has 7 nitrogen and oxygen atoms in total. The molecule has 1 aliphatic heterocycles. The summed E-state index contributed by atoms with van der Waals surface area (Å²) in [4.78, 5) is 17.1. The summed E-state index contributed by atoms with van der Waals surface area (Å²) in [5, 5.41) is 14.1. The molecule has 0 amide bonds. The molecule has 7 heteroatoms. The number of nitro groups is 1. The van der Waals surface area contributed by atoms with Crippen LogP contribution in [-0.4, -0.2) is 48.1 Å². The zero-order chi connectivity index (χ0) is 15.2. The molecular weight excluding hydrogens is 272 g/mol. The minimum atomic E-state index is -0.431. The van der Waals surface area contributed by atoms with Crippen molar-refractivity contribution in [2.75, 3.05) is 38.6 Å². The summed E-state index contributed by atoms with van der Waals surface area (Å²) in [7, 11) is 1.49. The van der Waals surface area contributed by atoms with Crippen molar-refractivity contribution in [2.24, 2.45) is 5.92 Å². The molecule has 0 bridgehead atoms. The van der Waals surface area contributed by atoms with E-state index in [4.69, 9.17) is 4.74 Å². The molecule has 1 N–H and O–H groups in total. The highest BCUT2D eigenvalue weighted by atomic mass is 16.6. The van der Waals surface area contributed by atoms with Crippen molar-refractivity contribution in [3.05, 3.63) is 22.2 Å². The Labute approximate surface area is 124 Å². The van der Waals surface area contributed by atoms with E-state index in [2.05, 4.69) is 22.1 Å². The summed E-state index contributed by atoms with van der Waals surface area (Å²) < 4.78 is 5.02. The number of anilines is 1. The molecule has 1 aromatic rings. The molecule has 2 heterocycles. The Morgan fingerprint density at radius 2 is 2.19 bits per heavy atom. The van der Waals surface area contributed by atoms with Gasteiger partial charge in [0.25, 0.3) is 0 Å². The van der Waals surface area contributed by atoms with Gasteiger partial charge in [-0.2, -0.15) is 4.98 Å². The third-order valence-corrected chi connectivity index (χ3v) is 3.64. The smallest absolute Gasteiger partial charge is 0.311 e. The second-order valence-electron chi connectivity index (χ2n) is 5.47. The van der Waals surface area contributed by atoms with Gasteiger partial charge in [-0.1, -0.05) is 6.92 Å². The van der Waals surface area contributed by atoms with Gasteiger partial charge in [0.05, 0.1) is 12.0 Å². The highest BCUT2D eigenvalue weighted by Crippen LogP contribution is 2.25. The Balaban J connectivity index is 1.95. The van der Waals surface area contributed by atoms with Gasteiger partial charge in [-0.25, -0.2) is 0 Å². The van der Waals surface area contributed by atoms with Crippen LogP contribution in [0, 0.1) is 16.0 Å². The molecule has 0 aromatic carbocycles. The van der Waals surface area contributed by atoms with E-state index in [1.54, 1.807) is 0 Å². The zero-order valence-corrected chi connectivity index (χ0v) is 12.5. The van der Waals surface area contributed by atoms with E-state index >= 15 is 0 Å². The van der Waals surface area contributed by atoms with Crippen LogP contribution in [0.5, 0.6) is 5.88 Å². The topological polar surface area (TPSA) is 80.5 Å². The standard InChI is InChI=1S/C14H22N4O3/c1-11(10-17-7-3-4-8-17)9-15-14-12(18(19)20)5-6-13(16-14)21-2/h5-6,11H,3-4,7-10H2,1-2H3,(H,15,16). The number of aromatic nitrogens is 1. The molecule has 0 spiro atoms. The fourth-order valence-corrected chi connectivity index (χ4v) is 2.57. The first-order chi connectivity index (χ1) is 10.1. The predicted molar refractivity (Wildman–Crippen MR) is 80.8 cm³/mol. The van der Waals surface area contributed by atoms with Gasteiger partial charge in [-0.15, -0.1) is 0 Å². The zero-order valence-electron chi connectivity index (χ0n) is 12.5. The molecular formula is C14H22N4O3. The Bertz CT molecular complexity index is 489. The van der Waals surface area contributed by atoms with Gasteiger partial charge < -0.3 is 15.0 Å². The van der Waals surface area contributed by atoms with Crippen LogP contribution in [0.1, 0.15) is 19.8 Å². The fraction of sp³-hybridized carbons (Fsp3) is 0.643. The van der Waals surface area contributed by atoms with Gasteiger partial charge in [0, 0.05) is 25.2 Å². The van der Waals surface area contributed by atoms with Crippen molar-refractivity contribution in [2.45, 2.75) is 19.8 Å². The molecule has 1 atom stereocenters. The lowest BCUT2D eigenvalue weighted by molar-refractivity contribution is -0.384. The molecule has 1 aliphatic rings. The third kappa shape index (κ3) is 4.29. The average molecular weight is 294 g/mol. The molecule has 2 rings (SSSR count). The third-order valence-electron chi connectivity index (χ3n) is 3.64. The van der Waals surface area contributed by atoms with Crippen molar-refractivity contribution in [1.82, 2.24) is 9.88 Å². The van der Waals surface area contributed by atoms with E-state index in [1.165, 1.54) is 32.1 Å². The highest BCUT2D eigenvalue weighted by Gasteiger charge is 2.18. The summed E-state index contributed by atoms with van der Waals surface area (Å²) >= 11 is 0. The van der Waals surface area contributed by atoms with Gasteiger partial charge >= 0.3 is 5.69 Å². The van der Waals surface area contributed by atoms with Crippen molar-refractivity contribution < 1.29 is 9.66 Å². The van der Waals surface area contributed by atoms with E-state index < -0.39 is 4.92 Å². The number of methoxy groups -OCH3 is 1. The van der Waals surface area contributed by atoms with Crippen LogP contribution in [-0.2, 0) is 0 Å². The lowest BCUT2D eigenvalue weighted by Gasteiger charge is -2.20. The molecule has 0 aliphatic carbocycles. The maximum Gasteiger partial charge on any atom is 0.311 e. The van der Waals surface area contributed by atoms with E-state index in [1.807, 2.05) is 0 Å². The van der Waals surface area contributed by atoms with Crippen LogP contribution < -0.4 is 10.1 Å². The monoisotopic (exact) mass is 294 g/mol. The van der Waals surface area contributed by atoms with Crippen LogP contribution in [0.2, 0.25) is 0 Å². The Kier molecular flexibility index (Phi) is 5.32. The maximum absolute atomic E-state index is 11.0. The van der Waals surface area contributed by atoms with Crippen LogP contribution in [0.15, 0.2) is 12.1 Å². The van der Waals surface area contributed by atoms with Crippen LogP contribution >= 0.6 is 0 Å². The molecule has 0 saturated carbocycles. The van der Waals surface area contributed by atoms with Gasteiger partial charge in [-0.3, -0.25) is 10.1 Å². The first-order valence-electron chi connectivity index (χ1n) is 7.26. The summed E-state index contributed by atoms with van der Waals surface area (Å²) in [5.74, 6) is 1.04. The fourth-order valence-electron chi connectivity index (χ4n) is 2.57. The van der Waals surface area contributed by atoms with Crippen LogP contribution in [0.25, 0.3) is 0 Å². The van der Waals surface area contributed by atoms with Gasteiger partial charge in [0.2, 0.25) is 11.7 Å². The number of nitrogens with zero attached hydrogens (tertiary/aromatic N) is 3. The van der Waals surface area contributed by atoms with Gasteiger partial charge in [0.1, 0.15) is 0 Å². The summed E-state index contributed by atoms with van der Waals surface area (Å²) in [6, 6.07) is 2.91. The number of nitrogens with one attached hydrogen (secondary N) is 1. The summed E-state index contributed by atoms with van der Waals surface area (Å²) in [6.07, 6.45) is 2.53. The Morgan fingerprint density at radius 3 is 2.81 bits per heavy atom. The van der Waals surface area contributed by atoms with Crippen LogP contribution in [0.4, 0.5) is 11.5 Å². The normalized spacial score (nSPS) is 16.7. The van der Waals surface area contributed by atoms with E-state index in [0.29, 0.717) is 18.3 Å². The lowest BCUT2D eigenvalue weighted by Crippen LogP contribution is -2.29. The predicted octanol–water partition coefficient (Wildman–Crippen LogP) is 2.14. The SMILES string of the molecule is COc1ccc([N+](=O)[O-])c(NCC(C)CN2CCCC2)n1. The second kappa shape index (κ2) is 7.21. The minimum absolute atomic E-state index is 0.0239. The molecule has 1 fully saturated rings. The maximum atomic E-state index is 11.0. The molecule has 1 saturated heterocycles. The number of ether oxygens (including phenoxy) is 1. The first-order valence-corrected chi connectivity index (χ1v) is 7.26. The number of likely N-dealkylation sites (tertiary alicyclic amines) is 1. The van der Waals surface area contributed by atoms with Crippen LogP contribution in [0.3, 0.4) is 0 Å². The number of hydrogen-bond donors (Lipinski definition) is 1. The van der Waals surface area contributed by atoms with Crippen molar-refractivity contribution in [1.29, 1.82) is 0 Å². The van der Waals surface area contributed by atoms with Crippen molar-refractivity contribution in [3.8, 4) is 5.88 Å². The average Bonchev–Trinajstić information content (AvgIpc) is 2.97. The second-order valence-corrected chi connectivity index (χ2v) is 5.47. The first kappa shape index (κ1) is 15.5. The number of hydrogen-bond acceptors (Lipinski definition) is 6. The number of pyridine rings is 1. The lowest BCUT2D eigenvalue weighted by atomic mass is 10.1. The largest absolute Gasteiger partial charge is 0.481 e. The van der Waals surface area contributed by atoms with Gasteiger partial charge in [-0.05, 0) is 31.8 Å². The van der Waals surface area contributed by atoms with Gasteiger partial charge in [0.15, 0.2) is 0 Å². The van der Waals surface area contributed by atoms with Crippen molar-refractivity contribution >= 4 is 11.5 Å². The minimum Gasteiger partial charge on any atom is -0.481 e. The summed E-state index contributed by atoms with van der Waals surface area (Å²) in [5.41, 5.74) is -0.0239. The molecule has 1 unspecified atom stereocenters. The molecule has 21 heavy (non-hydrogen) atoms. The molecule has 116 valence electrons. The quantitative estimate of drug-likeness (QED) is 0.613. The summed E-state index contributed by atoms with van der Waals surface area (Å²) in [6.45, 7) is 6.10.